The number of urea groups is 1. The molecular formula is C15H23N3O. The van der Waals surface area contributed by atoms with Gasteiger partial charge in [-0.05, 0) is 31.9 Å². The van der Waals surface area contributed by atoms with Crippen LogP contribution in [0, 0.1) is 0 Å². The minimum absolute atomic E-state index is 0.306. The molecule has 104 valence electrons. The van der Waals surface area contributed by atoms with Crippen molar-refractivity contribution in [1.82, 2.24) is 5.43 Å². The van der Waals surface area contributed by atoms with E-state index < -0.39 is 0 Å². The number of nitrogens with one attached hydrogen (secondary N) is 2. The van der Waals surface area contributed by atoms with Gasteiger partial charge in [-0.1, -0.05) is 44.4 Å². The Balaban J connectivity index is 2.24. The second-order valence-corrected chi connectivity index (χ2v) is 4.59. The fraction of sp³-hybridized carbons (Fsp3) is 0.467. The van der Waals surface area contributed by atoms with E-state index in [4.69, 9.17) is 0 Å². The maximum Gasteiger partial charge on any atom is 0.339 e. The van der Waals surface area contributed by atoms with Gasteiger partial charge in [0.25, 0.3) is 0 Å². The maximum atomic E-state index is 11.6. The molecule has 0 atom stereocenters. The number of unbranched alkanes of at least 4 members (excludes halogenated alkanes) is 3. The lowest BCUT2D eigenvalue weighted by Gasteiger charge is -2.05. The van der Waals surface area contributed by atoms with Crippen LogP contribution < -0.4 is 10.7 Å². The Kier molecular flexibility index (Phi) is 7.32. The Bertz CT molecular complexity index is 401. The third kappa shape index (κ3) is 7.24. The number of carbonyl (C=O) groups is 1. The highest BCUT2D eigenvalue weighted by atomic mass is 16.2. The first-order valence-electron chi connectivity index (χ1n) is 6.87. The summed E-state index contributed by atoms with van der Waals surface area (Å²) in [6.07, 6.45) is 5.78. The third-order valence-corrected chi connectivity index (χ3v) is 2.77. The van der Waals surface area contributed by atoms with Crippen LogP contribution in [0.25, 0.3) is 0 Å². The summed E-state index contributed by atoms with van der Waals surface area (Å²) in [6.45, 7) is 4.13. The Morgan fingerprint density at radius 1 is 1.16 bits per heavy atom. The number of amides is 2. The van der Waals surface area contributed by atoms with Crippen molar-refractivity contribution >= 4 is 17.4 Å². The van der Waals surface area contributed by atoms with E-state index in [9.17, 15) is 4.79 Å². The summed E-state index contributed by atoms with van der Waals surface area (Å²) >= 11 is 0. The highest BCUT2D eigenvalue weighted by Crippen LogP contribution is 2.05. The molecule has 0 aliphatic heterocycles. The molecule has 1 aromatic carbocycles. The number of carbonyl (C=O) groups excluding carboxylic acids is 1. The maximum absolute atomic E-state index is 11.6. The fourth-order valence-corrected chi connectivity index (χ4v) is 1.69. The molecule has 0 spiro atoms. The highest BCUT2D eigenvalue weighted by Gasteiger charge is 1.99. The van der Waals surface area contributed by atoms with Crippen molar-refractivity contribution in [3.63, 3.8) is 0 Å². The lowest BCUT2D eigenvalue weighted by molar-refractivity contribution is 0.252. The monoisotopic (exact) mass is 261 g/mol. The van der Waals surface area contributed by atoms with Gasteiger partial charge < -0.3 is 5.32 Å². The van der Waals surface area contributed by atoms with Crippen LogP contribution in [-0.2, 0) is 0 Å². The van der Waals surface area contributed by atoms with Crippen molar-refractivity contribution in [3.8, 4) is 0 Å². The molecule has 19 heavy (non-hydrogen) atoms. The smallest absolute Gasteiger partial charge is 0.307 e. The van der Waals surface area contributed by atoms with Crippen LogP contribution >= 0.6 is 0 Å². The Morgan fingerprint density at radius 2 is 1.89 bits per heavy atom. The number of hydrazone groups is 1. The molecule has 0 aliphatic rings. The molecule has 0 bridgehead atoms. The van der Waals surface area contributed by atoms with E-state index in [2.05, 4.69) is 22.8 Å². The van der Waals surface area contributed by atoms with Crippen molar-refractivity contribution in [2.24, 2.45) is 5.10 Å². The average molecular weight is 261 g/mol. The summed E-state index contributed by atoms with van der Waals surface area (Å²) < 4.78 is 0. The lowest BCUT2D eigenvalue weighted by Crippen LogP contribution is -2.25. The first kappa shape index (κ1) is 15.2. The van der Waals surface area contributed by atoms with Gasteiger partial charge in [-0.3, -0.25) is 0 Å². The van der Waals surface area contributed by atoms with Crippen molar-refractivity contribution in [2.45, 2.75) is 46.0 Å². The Morgan fingerprint density at radius 3 is 2.58 bits per heavy atom. The topological polar surface area (TPSA) is 53.5 Å². The van der Waals surface area contributed by atoms with E-state index in [0.29, 0.717) is 0 Å². The molecule has 4 nitrogen and oxygen atoms in total. The van der Waals surface area contributed by atoms with Crippen LogP contribution in [-0.4, -0.2) is 11.7 Å². The second-order valence-electron chi connectivity index (χ2n) is 4.59. The van der Waals surface area contributed by atoms with Gasteiger partial charge in [0.2, 0.25) is 0 Å². The van der Waals surface area contributed by atoms with Crippen molar-refractivity contribution in [3.05, 3.63) is 30.3 Å². The van der Waals surface area contributed by atoms with Gasteiger partial charge in [-0.25, -0.2) is 10.2 Å². The SMILES string of the molecule is CCCCCC/C(C)=N\NC(=O)Nc1ccccc1. The van der Waals surface area contributed by atoms with Crippen LogP contribution in [0.2, 0.25) is 0 Å². The zero-order valence-corrected chi connectivity index (χ0v) is 11.8. The summed E-state index contributed by atoms with van der Waals surface area (Å²) in [4.78, 5) is 11.6. The number of hydrogen-bond donors (Lipinski definition) is 2. The number of para-hydroxylation sites is 1. The first-order valence-corrected chi connectivity index (χ1v) is 6.87. The van der Waals surface area contributed by atoms with Crippen molar-refractivity contribution < 1.29 is 4.79 Å². The molecule has 4 heteroatoms. The van der Waals surface area contributed by atoms with Gasteiger partial charge in [0.05, 0.1) is 0 Å². The zero-order chi connectivity index (χ0) is 13.9. The molecule has 0 heterocycles. The van der Waals surface area contributed by atoms with Crippen molar-refractivity contribution in [1.29, 1.82) is 0 Å². The molecule has 1 aromatic rings. The molecule has 0 radical (unpaired) electrons. The van der Waals surface area contributed by atoms with Gasteiger partial charge in [0.1, 0.15) is 0 Å². The van der Waals surface area contributed by atoms with E-state index in [1.54, 1.807) is 0 Å². The fourth-order valence-electron chi connectivity index (χ4n) is 1.69. The third-order valence-electron chi connectivity index (χ3n) is 2.77. The minimum Gasteiger partial charge on any atom is -0.307 e. The molecule has 0 fully saturated rings. The van der Waals surface area contributed by atoms with E-state index in [1.165, 1.54) is 19.3 Å². The summed E-state index contributed by atoms with van der Waals surface area (Å²) in [5.41, 5.74) is 4.23. The highest BCUT2D eigenvalue weighted by molar-refractivity contribution is 5.90. The largest absolute Gasteiger partial charge is 0.339 e. The minimum atomic E-state index is -0.306. The number of hydrogen-bond acceptors (Lipinski definition) is 2. The number of anilines is 1. The van der Waals surface area contributed by atoms with E-state index in [1.807, 2.05) is 37.3 Å². The van der Waals surface area contributed by atoms with E-state index in [-0.39, 0.29) is 6.03 Å². The van der Waals surface area contributed by atoms with Gasteiger partial charge >= 0.3 is 6.03 Å². The molecule has 0 aromatic heterocycles. The Hall–Kier alpha value is -1.84. The van der Waals surface area contributed by atoms with Crippen LogP contribution in [0.3, 0.4) is 0 Å². The van der Waals surface area contributed by atoms with Gasteiger partial charge in [-0.15, -0.1) is 0 Å². The number of nitrogens with zero attached hydrogens (tertiary/aromatic N) is 1. The first-order chi connectivity index (χ1) is 9.22. The summed E-state index contributed by atoms with van der Waals surface area (Å²) in [6, 6.07) is 9.01. The molecule has 2 N–H and O–H groups in total. The van der Waals surface area contributed by atoms with Crippen LogP contribution in [0.5, 0.6) is 0 Å². The van der Waals surface area contributed by atoms with Crippen molar-refractivity contribution in [2.75, 3.05) is 5.32 Å². The van der Waals surface area contributed by atoms with E-state index >= 15 is 0 Å². The van der Waals surface area contributed by atoms with Crippen LogP contribution in [0.4, 0.5) is 10.5 Å². The average Bonchev–Trinajstić information content (AvgIpc) is 2.42. The van der Waals surface area contributed by atoms with Crippen LogP contribution in [0.1, 0.15) is 46.0 Å². The number of benzene rings is 1. The molecule has 1 rings (SSSR count). The van der Waals surface area contributed by atoms with E-state index in [0.717, 1.165) is 24.2 Å². The molecule has 0 aliphatic carbocycles. The van der Waals surface area contributed by atoms with Crippen LogP contribution in [0.15, 0.2) is 35.4 Å². The summed E-state index contributed by atoms with van der Waals surface area (Å²) in [5, 5.41) is 6.79. The molecule has 0 saturated carbocycles. The van der Waals surface area contributed by atoms with Gasteiger partial charge in [-0.2, -0.15) is 5.10 Å². The Labute approximate surface area is 115 Å². The van der Waals surface area contributed by atoms with Gasteiger partial charge in [0, 0.05) is 11.4 Å². The zero-order valence-electron chi connectivity index (χ0n) is 11.8. The molecule has 2 amide bonds. The quantitative estimate of drug-likeness (QED) is 0.432. The molecule has 0 unspecified atom stereocenters. The predicted molar refractivity (Wildman–Crippen MR) is 80.5 cm³/mol. The second kappa shape index (κ2) is 9.14. The molecular weight excluding hydrogens is 238 g/mol. The predicted octanol–water partition coefficient (Wildman–Crippen LogP) is 4.15. The normalized spacial score (nSPS) is 11.2. The molecule has 0 saturated heterocycles. The summed E-state index contributed by atoms with van der Waals surface area (Å²) in [7, 11) is 0. The van der Waals surface area contributed by atoms with Gasteiger partial charge in [0.15, 0.2) is 0 Å². The summed E-state index contributed by atoms with van der Waals surface area (Å²) in [5.74, 6) is 0. The standard InChI is InChI=1S/C15H23N3O/c1-3-4-5-7-10-13(2)17-18-15(19)16-14-11-8-6-9-12-14/h6,8-9,11-12H,3-5,7,10H2,1-2H3,(H2,16,18,19)/b17-13-. The number of rotatable bonds is 7. The lowest BCUT2D eigenvalue weighted by atomic mass is 10.1.